The fraction of sp³-hybridized carbons (Fsp3) is 0.219. The van der Waals surface area contributed by atoms with Crippen LogP contribution in [0.2, 0.25) is 0 Å². The van der Waals surface area contributed by atoms with Gasteiger partial charge in [-0.25, -0.2) is 0 Å². The van der Waals surface area contributed by atoms with Crippen molar-refractivity contribution in [1.29, 1.82) is 0 Å². The first kappa shape index (κ1) is 24.4. The third kappa shape index (κ3) is 6.12. The normalized spacial score (nSPS) is 14.9. The van der Waals surface area contributed by atoms with Gasteiger partial charge in [-0.05, 0) is 71.5 Å². The molecule has 1 aliphatic heterocycles. The van der Waals surface area contributed by atoms with E-state index in [1.807, 2.05) is 68.4 Å². The lowest BCUT2D eigenvalue weighted by molar-refractivity contribution is -0.144. The number of ketones is 1. The summed E-state index contributed by atoms with van der Waals surface area (Å²) in [6.07, 6.45) is 0.916. The van der Waals surface area contributed by atoms with Gasteiger partial charge in [-0.2, -0.15) is 0 Å². The van der Waals surface area contributed by atoms with Gasteiger partial charge in [-0.15, -0.1) is 0 Å². The van der Waals surface area contributed by atoms with E-state index in [9.17, 15) is 9.59 Å². The highest BCUT2D eigenvalue weighted by Crippen LogP contribution is 2.33. The fourth-order valence-corrected chi connectivity index (χ4v) is 4.89. The zero-order valence-corrected chi connectivity index (χ0v) is 21.2. The number of hydrogen-bond donors (Lipinski definition) is 1. The van der Waals surface area contributed by atoms with Crippen LogP contribution < -0.4 is 5.32 Å². The van der Waals surface area contributed by atoms with Gasteiger partial charge in [-0.3, -0.25) is 14.6 Å². The number of hydrogen-bond acceptors (Lipinski definition) is 5. The molecule has 1 atom stereocenters. The van der Waals surface area contributed by atoms with Gasteiger partial charge in [0.1, 0.15) is 12.4 Å². The minimum Gasteiger partial charge on any atom is -0.461 e. The predicted molar refractivity (Wildman–Crippen MR) is 145 cm³/mol. The molecule has 5 rings (SSSR count). The molecule has 1 aromatic heterocycles. The van der Waals surface area contributed by atoms with E-state index in [1.165, 1.54) is 0 Å². The molecule has 1 aliphatic rings. The molecule has 1 unspecified atom stereocenters. The quantitative estimate of drug-likeness (QED) is 0.320. The van der Waals surface area contributed by atoms with E-state index in [2.05, 4.69) is 40.6 Å². The lowest BCUT2D eigenvalue weighted by Crippen LogP contribution is -2.13. The number of ether oxygens (including phenoxy) is 1. The smallest absolute Gasteiger partial charge is 0.310 e. The number of rotatable bonds is 6. The summed E-state index contributed by atoms with van der Waals surface area (Å²) < 4.78 is 5.43. The highest BCUT2D eigenvalue weighted by atomic mass is 16.5. The van der Waals surface area contributed by atoms with Crippen molar-refractivity contribution in [3.8, 4) is 11.1 Å². The number of nitrogens with one attached hydrogen (secondary N) is 1. The van der Waals surface area contributed by atoms with Crippen LogP contribution in [0.5, 0.6) is 0 Å². The molecule has 0 amide bonds. The molecule has 0 bridgehead atoms. The number of Topliss-reactive ketones (excluding diaryl/α,β-unsaturated/α-hetero) is 1. The van der Waals surface area contributed by atoms with Crippen LogP contribution in [-0.4, -0.2) is 16.7 Å². The molecule has 5 heteroatoms. The molecule has 0 spiro atoms. The topological polar surface area (TPSA) is 68.3 Å². The Balaban J connectivity index is 1.31. The van der Waals surface area contributed by atoms with Crippen LogP contribution in [0.1, 0.15) is 46.1 Å². The lowest BCUT2D eigenvalue weighted by atomic mass is 9.96. The van der Waals surface area contributed by atoms with E-state index in [0.717, 1.165) is 50.5 Å². The molecule has 0 saturated heterocycles. The first-order chi connectivity index (χ1) is 17.9. The van der Waals surface area contributed by atoms with Crippen molar-refractivity contribution >= 4 is 17.4 Å². The van der Waals surface area contributed by atoms with Crippen LogP contribution in [0.4, 0.5) is 5.69 Å². The standard InChI is InChI=1S/C32H30N2O3/c1-21-13-27(14-22(2)33-21)25-9-6-10-26(17-25)31-19-29(35)18-28-15-24(11-12-30(28)34-31)16-32(36)37-20-23-7-4-3-5-8-23/h3-15,17,31,34H,16,18-20H2,1-2H3. The Morgan fingerprint density at radius 1 is 0.892 bits per heavy atom. The predicted octanol–water partition coefficient (Wildman–Crippen LogP) is 6.32. The molecule has 0 saturated carbocycles. The summed E-state index contributed by atoms with van der Waals surface area (Å²) in [6.45, 7) is 4.25. The Bertz CT molecular complexity index is 1430. The van der Waals surface area contributed by atoms with Gasteiger partial charge < -0.3 is 10.1 Å². The monoisotopic (exact) mass is 490 g/mol. The molecule has 3 aromatic carbocycles. The van der Waals surface area contributed by atoms with Gasteiger partial charge in [-0.1, -0.05) is 60.7 Å². The highest BCUT2D eigenvalue weighted by Gasteiger charge is 2.23. The Morgan fingerprint density at radius 3 is 2.46 bits per heavy atom. The van der Waals surface area contributed by atoms with E-state index in [-0.39, 0.29) is 30.8 Å². The first-order valence-corrected chi connectivity index (χ1v) is 12.6. The van der Waals surface area contributed by atoms with Crippen molar-refractivity contribution in [2.24, 2.45) is 0 Å². The average Bonchev–Trinajstić information content (AvgIpc) is 3.05. The number of fused-ring (bicyclic) bond motifs is 1. The molecule has 4 aromatic rings. The summed E-state index contributed by atoms with van der Waals surface area (Å²) in [7, 11) is 0. The maximum Gasteiger partial charge on any atom is 0.310 e. The van der Waals surface area contributed by atoms with Crippen LogP contribution in [0.3, 0.4) is 0 Å². The lowest BCUT2D eigenvalue weighted by Gasteiger charge is -2.19. The van der Waals surface area contributed by atoms with Gasteiger partial charge in [0.25, 0.3) is 0 Å². The van der Waals surface area contributed by atoms with E-state index < -0.39 is 0 Å². The first-order valence-electron chi connectivity index (χ1n) is 12.6. The number of pyridine rings is 1. The van der Waals surface area contributed by atoms with Crippen molar-refractivity contribution in [3.63, 3.8) is 0 Å². The second-order valence-corrected chi connectivity index (χ2v) is 9.70. The number of benzene rings is 3. The van der Waals surface area contributed by atoms with Gasteiger partial charge in [0.2, 0.25) is 0 Å². The van der Waals surface area contributed by atoms with Gasteiger partial charge >= 0.3 is 5.97 Å². The van der Waals surface area contributed by atoms with Gasteiger partial charge in [0, 0.05) is 29.9 Å². The van der Waals surface area contributed by atoms with Crippen LogP contribution in [-0.2, 0) is 33.8 Å². The average molecular weight is 491 g/mol. The van der Waals surface area contributed by atoms with Crippen LogP contribution >= 0.6 is 0 Å². The maximum absolute atomic E-state index is 12.9. The second-order valence-electron chi connectivity index (χ2n) is 9.70. The van der Waals surface area contributed by atoms with Crippen molar-refractivity contribution in [3.05, 3.63) is 119 Å². The van der Waals surface area contributed by atoms with E-state index in [0.29, 0.717) is 12.8 Å². The van der Waals surface area contributed by atoms with Crippen LogP contribution in [0.25, 0.3) is 11.1 Å². The zero-order chi connectivity index (χ0) is 25.8. The summed E-state index contributed by atoms with van der Waals surface area (Å²) in [4.78, 5) is 29.8. The molecule has 2 heterocycles. The van der Waals surface area contributed by atoms with E-state index in [1.54, 1.807) is 0 Å². The van der Waals surface area contributed by atoms with Crippen LogP contribution in [0, 0.1) is 13.8 Å². The summed E-state index contributed by atoms with van der Waals surface area (Å²) in [6, 6.07) is 27.9. The van der Waals surface area contributed by atoms with Crippen LogP contribution in [0.15, 0.2) is 84.9 Å². The number of aryl methyl sites for hydroxylation is 2. The maximum atomic E-state index is 12.9. The second kappa shape index (κ2) is 10.8. The highest BCUT2D eigenvalue weighted by molar-refractivity contribution is 5.86. The van der Waals surface area contributed by atoms with E-state index in [4.69, 9.17) is 4.74 Å². The Morgan fingerprint density at radius 2 is 1.68 bits per heavy atom. The van der Waals surface area contributed by atoms with Gasteiger partial charge in [0.15, 0.2) is 0 Å². The van der Waals surface area contributed by atoms with Gasteiger partial charge in [0.05, 0.1) is 12.5 Å². The molecule has 37 heavy (non-hydrogen) atoms. The van der Waals surface area contributed by atoms with Crippen molar-refractivity contribution in [2.45, 2.75) is 45.8 Å². The largest absolute Gasteiger partial charge is 0.461 e. The van der Waals surface area contributed by atoms with Crippen molar-refractivity contribution < 1.29 is 14.3 Å². The fourth-order valence-electron chi connectivity index (χ4n) is 4.89. The number of anilines is 1. The van der Waals surface area contributed by atoms with Crippen molar-refractivity contribution in [1.82, 2.24) is 4.98 Å². The Kier molecular flexibility index (Phi) is 7.13. The molecule has 0 fully saturated rings. The summed E-state index contributed by atoms with van der Waals surface area (Å²) in [5.74, 6) is -0.117. The van der Waals surface area contributed by atoms with Crippen molar-refractivity contribution in [2.75, 3.05) is 5.32 Å². The number of carbonyl (C=O) groups is 2. The Labute approximate surface area is 217 Å². The number of esters is 1. The third-order valence-corrected chi connectivity index (χ3v) is 6.61. The summed E-state index contributed by atoms with van der Waals surface area (Å²) >= 11 is 0. The number of nitrogens with zero attached hydrogens (tertiary/aromatic N) is 1. The molecule has 186 valence electrons. The zero-order valence-electron chi connectivity index (χ0n) is 21.2. The molecule has 5 nitrogen and oxygen atoms in total. The summed E-state index contributed by atoms with van der Waals surface area (Å²) in [5.41, 5.74) is 8.90. The molecular weight excluding hydrogens is 460 g/mol. The summed E-state index contributed by atoms with van der Waals surface area (Å²) in [5, 5.41) is 3.59. The molecule has 0 aliphatic carbocycles. The SMILES string of the molecule is Cc1cc(-c2cccc(C3CC(=O)Cc4cc(CC(=O)OCc5ccccc5)ccc4N3)c2)cc(C)n1. The third-order valence-electron chi connectivity index (χ3n) is 6.61. The molecule has 1 N–H and O–H groups in total. The molecular formula is C32H30N2O3. The van der Waals surface area contributed by atoms with E-state index >= 15 is 0 Å². The number of aromatic nitrogens is 1. The minimum atomic E-state index is -0.284. The Hall–Kier alpha value is -4.25. The molecule has 0 radical (unpaired) electrons. The minimum absolute atomic E-state index is 0.126. The number of carbonyl (C=O) groups excluding carboxylic acids is 2.